The molecule has 0 bridgehead atoms. The minimum Gasteiger partial charge on any atom is -0.484 e. The molecule has 2 rings (SSSR count). The summed E-state index contributed by atoms with van der Waals surface area (Å²) in [4.78, 5) is 23.0. The van der Waals surface area contributed by atoms with Crippen molar-refractivity contribution in [2.45, 2.75) is 45.1 Å². The van der Waals surface area contributed by atoms with E-state index in [9.17, 15) is 9.59 Å². The molecule has 1 saturated carbocycles. The summed E-state index contributed by atoms with van der Waals surface area (Å²) >= 11 is 0. The van der Waals surface area contributed by atoms with E-state index < -0.39 is 5.91 Å². The van der Waals surface area contributed by atoms with Crippen LogP contribution in [0.1, 0.15) is 44.1 Å². The Labute approximate surface area is 155 Å². The minimum atomic E-state index is -0.520. The van der Waals surface area contributed by atoms with Crippen molar-refractivity contribution >= 4 is 24.2 Å². The van der Waals surface area contributed by atoms with E-state index in [1.165, 1.54) is 6.42 Å². The Bertz CT molecular complexity index is 574. The summed E-state index contributed by atoms with van der Waals surface area (Å²) in [5, 5.41) is 2.96. The third-order valence-electron chi connectivity index (χ3n) is 4.65. The standard InChI is InChI=1S/C18H27N3O3.ClH/c19-13-18(7-2-1-3-8-18)10-17(23)21-11-14-5-4-6-15(9-14)24-12-16(20)22;/h4-6,9H,1-3,7-8,10-13,19H2,(H2,20,22)(H,21,23);1H. The predicted octanol–water partition coefficient (Wildman–Crippen LogP) is 1.89. The number of carbonyl (C=O) groups is 2. The lowest BCUT2D eigenvalue weighted by molar-refractivity contribution is -0.124. The van der Waals surface area contributed by atoms with Crippen LogP contribution < -0.4 is 21.5 Å². The van der Waals surface area contributed by atoms with Crippen molar-refractivity contribution in [2.75, 3.05) is 13.2 Å². The zero-order valence-electron chi connectivity index (χ0n) is 14.5. The maximum Gasteiger partial charge on any atom is 0.255 e. The quantitative estimate of drug-likeness (QED) is 0.650. The van der Waals surface area contributed by atoms with Crippen molar-refractivity contribution in [2.24, 2.45) is 16.9 Å². The van der Waals surface area contributed by atoms with Gasteiger partial charge in [-0.3, -0.25) is 9.59 Å². The zero-order chi connectivity index (χ0) is 17.4. The molecule has 1 aromatic rings. The van der Waals surface area contributed by atoms with Gasteiger partial charge in [0.05, 0.1) is 0 Å². The van der Waals surface area contributed by atoms with Crippen molar-refractivity contribution in [3.8, 4) is 5.75 Å². The number of halogens is 1. The van der Waals surface area contributed by atoms with E-state index >= 15 is 0 Å². The molecule has 25 heavy (non-hydrogen) atoms. The van der Waals surface area contributed by atoms with E-state index in [0.717, 1.165) is 31.2 Å². The molecule has 7 heteroatoms. The second kappa shape index (κ2) is 10.3. The third kappa shape index (κ3) is 6.92. The molecule has 0 aromatic heterocycles. The molecule has 1 aliphatic rings. The summed E-state index contributed by atoms with van der Waals surface area (Å²) in [5.74, 6) is 0.0744. The number of ether oxygens (including phenoxy) is 1. The topological polar surface area (TPSA) is 107 Å². The maximum absolute atomic E-state index is 12.3. The van der Waals surface area contributed by atoms with Gasteiger partial charge in [0, 0.05) is 13.0 Å². The highest BCUT2D eigenvalue weighted by Gasteiger charge is 2.32. The molecule has 1 aliphatic carbocycles. The fourth-order valence-electron chi connectivity index (χ4n) is 3.26. The number of carbonyl (C=O) groups excluding carboxylic acids is 2. The Morgan fingerprint density at radius 1 is 1.20 bits per heavy atom. The van der Waals surface area contributed by atoms with Crippen molar-refractivity contribution in [3.05, 3.63) is 29.8 Å². The second-order valence-electron chi connectivity index (χ2n) is 6.62. The van der Waals surface area contributed by atoms with Gasteiger partial charge in [-0.1, -0.05) is 31.4 Å². The molecule has 6 nitrogen and oxygen atoms in total. The lowest BCUT2D eigenvalue weighted by atomic mass is 9.71. The number of primary amides is 1. The van der Waals surface area contributed by atoms with Crippen molar-refractivity contribution in [1.82, 2.24) is 5.32 Å². The smallest absolute Gasteiger partial charge is 0.255 e. The number of hydrogen-bond donors (Lipinski definition) is 3. The van der Waals surface area contributed by atoms with Crippen LogP contribution in [0, 0.1) is 5.41 Å². The number of nitrogens with two attached hydrogens (primary N) is 2. The van der Waals surface area contributed by atoms with E-state index in [0.29, 0.717) is 25.3 Å². The molecule has 0 atom stereocenters. The largest absolute Gasteiger partial charge is 0.484 e. The van der Waals surface area contributed by atoms with Crippen LogP contribution in [0.25, 0.3) is 0 Å². The first-order chi connectivity index (χ1) is 11.5. The van der Waals surface area contributed by atoms with E-state index in [1.54, 1.807) is 12.1 Å². The molecule has 1 aromatic carbocycles. The second-order valence-corrected chi connectivity index (χ2v) is 6.62. The summed E-state index contributed by atoms with van der Waals surface area (Å²) in [7, 11) is 0. The first-order valence-corrected chi connectivity index (χ1v) is 8.50. The van der Waals surface area contributed by atoms with Crippen LogP contribution in [0.2, 0.25) is 0 Å². The zero-order valence-corrected chi connectivity index (χ0v) is 15.3. The lowest BCUT2D eigenvalue weighted by Gasteiger charge is -2.35. The highest BCUT2D eigenvalue weighted by Crippen LogP contribution is 2.38. The van der Waals surface area contributed by atoms with Gasteiger partial charge in [-0.15, -0.1) is 12.4 Å². The number of nitrogens with one attached hydrogen (secondary N) is 1. The average Bonchev–Trinajstić information content (AvgIpc) is 2.59. The summed E-state index contributed by atoms with van der Waals surface area (Å²) in [6.45, 7) is 0.832. The van der Waals surface area contributed by atoms with Crippen LogP contribution in [-0.4, -0.2) is 25.0 Å². The monoisotopic (exact) mass is 369 g/mol. The van der Waals surface area contributed by atoms with Gasteiger partial charge in [-0.05, 0) is 42.5 Å². The van der Waals surface area contributed by atoms with E-state index in [4.69, 9.17) is 16.2 Å². The molecule has 0 unspecified atom stereocenters. The maximum atomic E-state index is 12.3. The van der Waals surface area contributed by atoms with Crippen LogP contribution >= 0.6 is 12.4 Å². The number of benzene rings is 1. The van der Waals surface area contributed by atoms with Gasteiger partial charge in [0.25, 0.3) is 5.91 Å². The van der Waals surface area contributed by atoms with Gasteiger partial charge < -0.3 is 21.5 Å². The summed E-state index contributed by atoms with van der Waals surface area (Å²) in [6.07, 6.45) is 6.11. The first-order valence-electron chi connectivity index (χ1n) is 8.50. The SMILES string of the molecule is Cl.NCC1(CC(=O)NCc2cccc(OCC(N)=O)c2)CCCCC1. The molecule has 0 heterocycles. The average molecular weight is 370 g/mol. The van der Waals surface area contributed by atoms with E-state index in [-0.39, 0.29) is 30.3 Å². The van der Waals surface area contributed by atoms with Gasteiger partial charge in [0.15, 0.2) is 6.61 Å². The molecular formula is C18H28ClN3O3. The molecule has 0 spiro atoms. The van der Waals surface area contributed by atoms with Gasteiger partial charge in [-0.25, -0.2) is 0 Å². The van der Waals surface area contributed by atoms with Crippen LogP contribution in [0.15, 0.2) is 24.3 Å². The summed E-state index contributed by atoms with van der Waals surface area (Å²) in [6, 6.07) is 7.26. The molecule has 5 N–H and O–H groups in total. The Hall–Kier alpha value is -1.79. The molecule has 0 radical (unpaired) electrons. The van der Waals surface area contributed by atoms with E-state index in [2.05, 4.69) is 5.32 Å². The van der Waals surface area contributed by atoms with Gasteiger partial charge in [0.2, 0.25) is 5.91 Å². The Kier molecular flexibility index (Phi) is 8.72. The van der Waals surface area contributed by atoms with Crippen molar-refractivity contribution in [3.63, 3.8) is 0 Å². The number of rotatable bonds is 8. The van der Waals surface area contributed by atoms with Crippen LogP contribution in [0.5, 0.6) is 5.75 Å². The molecule has 2 amide bonds. The van der Waals surface area contributed by atoms with Crippen molar-refractivity contribution < 1.29 is 14.3 Å². The fourth-order valence-corrected chi connectivity index (χ4v) is 3.26. The molecule has 1 fully saturated rings. The summed E-state index contributed by atoms with van der Waals surface area (Å²) < 4.78 is 5.27. The van der Waals surface area contributed by atoms with Gasteiger partial charge in [-0.2, -0.15) is 0 Å². The van der Waals surface area contributed by atoms with E-state index in [1.807, 2.05) is 12.1 Å². The van der Waals surface area contributed by atoms with Crippen molar-refractivity contribution in [1.29, 1.82) is 0 Å². The predicted molar refractivity (Wildman–Crippen MR) is 99.4 cm³/mol. The molecule has 0 aliphatic heterocycles. The molecular weight excluding hydrogens is 342 g/mol. The Morgan fingerprint density at radius 2 is 1.92 bits per heavy atom. The molecule has 0 saturated heterocycles. The minimum absolute atomic E-state index is 0. The molecule has 140 valence electrons. The lowest BCUT2D eigenvalue weighted by Crippen LogP contribution is -2.38. The number of hydrogen-bond acceptors (Lipinski definition) is 4. The normalized spacial score (nSPS) is 15.7. The first kappa shape index (κ1) is 21.3. The van der Waals surface area contributed by atoms with Gasteiger partial charge in [0.1, 0.15) is 5.75 Å². The van der Waals surface area contributed by atoms with Crippen LogP contribution in [0.4, 0.5) is 0 Å². The van der Waals surface area contributed by atoms with Crippen LogP contribution in [0.3, 0.4) is 0 Å². The highest BCUT2D eigenvalue weighted by atomic mass is 35.5. The Morgan fingerprint density at radius 3 is 2.56 bits per heavy atom. The van der Waals surface area contributed by atoms with Crippen LogP contribution in [-0.2, 0) is 16.1 Å². The third-order valence-corrected chi connectivity index (χ3v) is 4.65. The highest BCUT2D eigenvalue weighted by molar-refractivity contribution is 5.85. The Balaban J connectivity index is 0.00000312. The fraction of sp³-hybridized carbons (Fsp3) is 0.556. The number of amides is 2. The van der Waals surface area contributed by atoms with Gasteiger partial charge >= 0.3 is 0 Å². The summed E-state index contributed by atoms with van der Waals surface area (Å²) in [5.41, 5.74) is 11.9.